The molecule has 12 heteroatoms. The van der Waals surface area contributed by atoms with Gasteiger partial charge in [0.05, 0.1) is 32.1 Å². The molecule has 0 amide bonds. The zero-order valence-electron chi connectivity index (χ0n) is 19.5. The molecule has 1 aliphatic heterocycles. The monoisotopic (exact) mass is 487 g/mol. The second-order valence-corrected chi connectivity index (χ2v) is 8.02. The Hall–Kier alpha value is -4.29. The molecule has 0 saturated carbocycles. The van der Waals surface area contributed by atoms with Gasteiger partial charge in [-0.15, -0.1) is 0 Å². The molecule has 0 unspecified atom stereocenters. The molecule has 1 aliphatic rings. The molecule has 184 valence electrons. The van der Waals surface area contributed by atoms with E-state index in [9.17, 15) is 0 Å². The van der Waals surface area contributed by atoms with E-state index in [1.54, 1.807) is 24.8 Å². The van der Waals surface area contributed by atoms with Gasteiger partial charge >= 0.3 is 0 Å². The molecule has 0 aliphatic carbocycles. The standard InChI is InChI=1S/C24H25N9O3/c34-7-8-35-14-20-13-32(5-6-33(20)24-30-15-26-16-31-24)23-28-10-19(11-29-23)2-1-18-3-4-21(27-9-18)22-12-25-17-36-22/h1-4,9-12,15-17,20,34H,5-8,13-14H2/b2-1+/t20-/m1/s1. The maximum Gasteiger partial charge on any atom is 0.228 e. The Morgan fingerprint density at radius 1 is 0.917 bits per heavy atom. The van der Waals surface area contributed by atoms with Crippen molar-refractivity contribution in [2.24, 2.45) is 0 Å². The highest BCUT2D eigenvalue weighted by Crippen LogP contribution is 2.20. The lowest BCUT2D eigenvalue weighted by atomic mass is 10.2. The number of aromatic nitrogens is 7. The Morgan fingerprint density at radius 3 is 2.44 bits per heavy atom. The van der Waals surface area contributed by atoms with Crippen molar-refractivity contribution in [1.29, 1.82) is 0 Å². The lowest BCUT2D eigenvalue weighted by molar-refractivity contribution is 0.0807. The smallest absolute Gasteiger partial charge is 0.228 e. The number of rotatable bonds is 9. The van der Waals surface area contributed by atoms with Crippen LogP contribution in [0.5, 0.6) is 0 Å². The third kappa shape index (κ3) is 5.67. The van der Waals surface area contributed by atoms with Gasteiger partial charge in [0.1, 0.15) is 18.3 Å². The summed E-state index contributed by atoms with van der Waals surface area (Å²) in [4.78, 5) is 34.2. The van der Waals surface area contributed by atoms with Crippen molar-refractivity contribution < 1.29 is 14.3 Å². The minimum Gasteiger partial charge on any atom is -0.442 e. The van der Waals surface area contributed by atoms with E-state index in [4.69, 9.17) is 14.3 Å². The predicted molar refractivity (Wildman–Crippen MR) is 132 cm³/mol. The summed E-state index contributed by atoms with van der Waals surface area (Å²) < 4.78 is 10.9. The van der Waals surface area contributed by atoms with Crippen LogP contribution in [0.4, 0.5) is 11.9 Å². The topological polar surface area (TPSA) is 139 Å². The van der Waals surface area contributed by atoms with Crippen molar-refractivity contribution in [3.8, 4) is 11.5 Å². The number of nitrogens with zero attached hydrogens (tertiary/aromatic N) is 9. The maximum absolute atomic E-state index is 9.09. The molecule has 0 aromatic carbocycles. The van der Waals surface area contributed by atoms with Crippen molar-refractivity contribution in [3.63, 3.8) is 0 Å². The molecule has 0 radical (unpaired) electrons. The Kier molecular flexibility index (Phi) is 7.44. The van der Waals surface area contributed by atoms with E-state index < -0.39 is 0 Å². The van der Waals surface area contributed by atoms with Gasteiger partial charge in [-0.3, -0.25) is 4.98 Å². The van der Waals surface area contributed by atoms with Crippen LogP contribution in [-0.4, -0.2) is 85.5 Å². The highest BCUT2D eigenvalue weighted by molar-refractivity contribution is 5.69. The van der Waals surface area contributed by atoms with Crippen LogP contribution in [0.1, 0.15) is 11.1 Å². The first kappa shape index (κ1) is 23.5. The van der Waals surface area contributed by atoms with Crippen molar-refractivity contribution in [2.75, 3.05) is 49.3 Å². The maximum atomic E-state index is 9.09. The summed E-state index contributed by atoms with van der Waals surface area (Å²) in [6.07, 6.45) is 15.2. The van der Waals surface area contributed by atoms with Crippen LogP contribution in [0.2, 0.25) is 0 Å². The highest BCUT2D eigenvalue weighted by atomic mass is 16.5. The van der Waals surface area contributed by atoms with Crippen LogP contribution in [-0.2, 0) is 4.74 Å². The normalized spacial score (nSPS) is 16.1. The summed E-state index contributed by atoms with van der Waals surface area (Å²) in [6.45, 7) is 2.70. The van der Waals surface area contributed by atoms with E-state index in [2.05, 4.69) is 44.7 Å². The van der Waals surface area contributed by atoms with Gasteiger partial charge in [-0.2, -0.15) is 0 Å². The second-order valence-electron chi connectivity index (χ2n) is 8.02. The molecule has 4 aromatic rings. The summed E-state index contributed by atoms with van der Waals surface area (Å²) >= 11 is 0. The fourth-order valence-corrected chi connectivity index (χ4v) is 3.87. The number of aliphatic hydroxyl groups is 1. The molecule has 1 atom stereocenters. The first-order valence-electron chi connectivity index (χ1n) is 11.5. The summed E-state index contributed by atoms with van der Waals surface area (Å²) in [5, 5.41) is 9.09. The Balaban J connectivity index is 1.23. The summed E-state index contributed by atoms with van der Waals surface area (Å²) in [5.74, 6) is 1.88. The van der Waals surface area contributed by atoms with E-state index in [1.807, 2.05) is 24.3 Å². The van der Waals surface area contributed by atoms with Gasteiger partial charge in [0, 0.05) is 43.8 Å². The average Bonchev–Trinajstić information content (AvgIpc) is 3.48. The number of hydrogen-bond donors (Lipinski definition) is 1. The number of hydrogen-bond acceptors (Lipinski definition) is 12. The minimum absolute atomic E-state index is 0.0247. The molecule has 1 N–H and O–H groups in total. The zero-order chi connectivity index (χ0) is 24.6. The molecule has 36 heavy (non-hydrogen) atoms. The van der Waals surface area contributed by atoms with Crippen LogP contribution < -0.4 is 9.80 Å². The number of oxazole rings is 1. The number of ether oxygens (including phenoxy) is 1. The first-order valence-corrected chi connectivity index (χ1v) is 11.5. The Labute approximate surface area is 207 Å². The Morgan fingerprint density at radius 2 is 1.72 bits per heavy atom. The SMILES string of the molecule is OCCOC[C@H]1CN(c2ncc(/C=C/c3ccc(-c4cnco4)nc3)cn2)CCN1c1ncncn1. The predicted octanol–water partition coefficient (Wildman–Crippen LogP) is 1.59. The molecular formula is C24H25N9O3. The minimum atomic E-state index is -0.0258. The molecule has 5 rings (SSSR count). The van der Waals surface area contributed by atoms with Gasteiger partial charge in [-0.1, -0.05) is 18.2 Å². The third-order valence-corrected chi connectivity index (χ3v) is 5.65. The quantitative estimate of drug-likeness (QED) is 0.343. The summed E-state index contributed by atoms with van der Waals surface area (Å²) in [5.41, 5.74) is 2.56. The number of pyridine rings is 1. The van der Waals surface area contributed by atoms with Crippen LogP contribution >= 0.6 is 0 Å². The van der Waals surface area contributed by atoms with Gasteiger partial charge in [0.25, 0.3) is 0 Å². The molecule has 0 bridgehead atoms. The lowest BCUT2D eigenvalue weighted by Gasteiger charge is -2.41. The van der Waals surface area contributed by atoms with Crippen LogP contribution in [0.15, 0.2) is 60.4 Å². The largest absolute Gasteiger partial charge is 0.442 e. The van der Waals surface area contributed by atoms with Crippen LogP contribution in [0.25, 0.3) is 23.6 Å². The molecule has 0 spiro atoms. The van der Waals surface area contributed by atoms with Crippen LogP contribution in [0, 0.1) is 0 Å². The number of aliphatic hydroxyl groups excluding tert-OH is 1. The summed E-state index contributed by atoms with van der Waals surface area (Å²) in [7, 11) is 0. The van der Waals surface area contributed by atoms with Gasteiger partial charge < -0.3 is 24.1 Å². The van der Waals surface area contributed by atoms with Gasteiger partial charge in [0.15, 0.2) is 12.2 Å². The van der Waals surface area contributed by atoms with E-state index in [0.717, 1.165) is 16.8 Å². The number of anilines is 2. The number of piperazine rings is 1. The Bertz CT molecular complexity index is 1240. The molecule has 12 nitrogen and oxygen atoms in total. The molecule has 4 aromatic heterocycles. The molecule has 1 saturated heterocycles. The van der Waals surface area contributed by atoms with Crippen molar-refractivity contribution >= 4 is 24.0 Å². The fourth-order valence-electron chi connectivity index (χ4n) is 3.87. The van der Waals surface area contributed by atoms with E-state index >= 15 is 0 Å². The van der Waals surface area contributed by atoms with E-state index in [0.29, 0.717) is 43.9 Å². The van der Waals surface area contributed by atoms with Crippen molar-refractivity contribution in [3.05, 3.63) is 67.1 Å². The highest BCUT2D eigenvalue weighted by Gasteiger charge is 2.30. The van der Waals surface area contributed by atoms with Crippen molar-refractivity contribution in [2.45, 2.75) is 6.04 Å². The van der Waals surface area contributed by atoms with Gasteiger partial charge in [-0.05, 0) is 11.6 Å². The second kappa shape index (κ2) is 11.4. The molecule has 5 heterocycles. The first-order chi connectivity index (χ1) is 17.8. The lowest BCUT2D eigenvalue weighted by Crippen LogP contribution is -2.56. The fraction of sp³-hybridized carbons (Fsp3) is 0.292. The molecular weight excluding hydrogens is 462 g/mol. The van der Waals surface area contributed by atoms with Gasteiger partial charge in [0.2, 0.25) is 11.9 Å². The third-order valence-electron chi connectivity index (χ3n) is 5.65. The average molecular weight is 488 g/mol. The zero-order valence-corrected chi connectivity index (χ0v) is 19.5. The van der Waals surface area contributed by atoms with E-state index in [1.165, 1.54) is 19.0 Å². The van der Waals surface area contributed by atoms with E-state index in [-0.39, 0.29) is 19.3 Å². The molecule has 1 fully saturated rings. The van der Waals surface area contributed by atoms with Crippen LogP contribution in [0.3, 0.4) is 0 Å². The summed E-state index contributed by atoms with van der Waals surface area (Å²) in [6, 6.07) is 3.82. The van der Waals surface area contributed by atoms with Crippen molar-refractivity contribution in [1.82, 2.24) is 34.9 Å². The van der Waals surface area contributed by atoms with Gasteiger partial charge in [-0.25, -0.2) is 29.9 Å².